The lowest BCUT2D eigenvalue weighted by atomic mass is 10.1. The number of hydrogen-bond acceptors (Lipinski definition) is 3. The third-order valence-electron chi connectivity index (χ3n) is 1.79. The molecule has 0 saturated heterocycles. The van der Waals surface area contributed by atoms with Gasteiger partial charge in [0.05, 0.1) is 18.6 Å². The van der Waals surface area contributed by atoms with Gasteiger partial charge in [0, 0.05) is 6.07 Å². The number of carbonyl (C=O) groups is 1. The van der Waals surface area contributed by atoms with Gasteiger partial charge < -0.3 is 9.84 Å². The van der Waals surface area contributed by atoms with Gasteiger partial charge in [-0.2, -0.15) is 0 Å². The first kappa shape index (κ1) is 12.6. The monoisotopic (exact) mass is 251 g/mol. The van der Waals surface area contributed by atoms with Crippen molar-refractivity contribution in [1.29, 1.82) is 0 Å². The van der Waals surface area contributed by atoms with E-state index in [1.165, 1.54) is 13.2 Å². The van der Waals surface area contributed by atoms with Gasteiger partial charge in [-0.15, -0.1) is 0 Å². The third-order valence-corrected chi connectivity index (χ3v) is 2.23. The standard InChI is InChI=1S/C9H8ClF2NO3/c1-16-5-2-4(3-6(14)15)7(10)8(13-5)9(11)12/h2,9H,3H2,1H3,(H,14,15). The van der Waals surface area contributed by atoms with Crippen LogP contribution < -0.4 is 4.74 Å². The molecule has 1 N–H and O–H groups in total. The number of carboxylic acid groups (broad SMARTS) is 1. The van der Waals surface area contributed by atoms with E-state index in [1.54, 1.807) is 0 Å². The molecule has 0 atom stereocenters. The van der Waals surface area contributed by atoms with Crippen LogP contribution in [0.2, 0.25) is 5.02 Å². The van der Waals surface area contributed by atoms with E-state index in [0.29, 0.717) is 0 Å². The first-order valence-electron chi connectivity index (χ1n) is 4.19. The Morgan fingerprint density at radius 1 is 1.69 bits per heavy atom. The molecule has 0 aliphatic heterocycles. The predicted octanol–water partition coefficient (Wildman–Crippen LogP) is 2.31. The average molecular weight is 252 g/mol. The second kappa shape index (κ2) is 5.07. The first-order chi connectivity index (χ1) is 7.45. The average Bonchev–Trinajstić information content (AvgIpc) is 2.19. The van der Waals surface area contributed by atoms with Gasteiger partial charge in [-0.1, -0.05) is 11.6 Å². The Hall–Kier alpha value is -1.43. The summed E-state index contributed by atoms with van der Waals surface area (Å²) in [5, 5.41) is 8.24. The van der Waals surface area contributed by atoms with Crippen LogP contribution in [0.5, 0.6) is 5.88 Å². The molecule has 1 heterocycles. The van der Waals surface area contributed by atoms with Crippen LogP contribution in [-0.2, 0) is 11.2 Å². The Bertz CT molecular complexity index is 412. The molecular formula is C9H8ClF2NO3. The quantitative estimate of drug-likeness (QED) is 0.892. The van der Waals surface area contributed by atoms with Gasteiger partial charge in [0.2, 0.25) is 5.88 Å². The Kier molecular flexibility index (Phi) is 4.00. The van der Waals surface area contributed by atoms with Crippen molar-refractivity contribution in [2.75, 3.05) is 7.11 Å². The molecule has 0 radical (unpaired) electrons. The number of carboxylic acids is 1. The van der Waals surface area contributed by atoms with E-state index in [2.05, 4.69) is 9.72 Å². The van der Waals surface area contributed by atoms with Crippen molar-refractivity contribution in [2.24, 2.45) is 0 Å². The molecule has 0 aromatic carbocycles. The van der Waals surface area contributed by atoms with Crippen molar-refractivity contribution >= 4 is 17.6 Å². The number of aromatic nitrogens is 1. The van der Waals surface area contributed by atoms with Crippen molar-refractivity contribution in [3.63, 3.8) is 0 Å². The van der Waals surface area contributed by atoms with Gasteiger partial charge in [-0.25, -0.2) is 13.8 Å². The van der Waals surface area contributed by atoms with Crippen LogP contribution in [0, 0.1) is 0 Å². The largest absolute Gasteiger partial charge is 0.481 e. The molecule has 16 heavy (non-hydrogen) atoms. The summed E-state index contributed by atoms with van der Waals surface area (Å²) < 4.78 is 29.7. The van der Waals surface area contributed by atoms with Crippen molar-refractivity contribution < 1.29 is 23.4 Å². The highest BCUT2D eigenvalue weighted by atomic mass is 35.5. The normalized spacial score (nSPS) is 10.6. The fraction of sp³-hybridized carbons (Fsp3) is 0.333. The number of halogens is 3. The number of pyridine rings is 1. The van der Waals surface area contributed by atoms with Gasteiger partial charge >= 0.3 is 5.97 Å². The summed E-state index contributed by atoms with van der Waals surface area (Å²) >= 11 is 5.62. The number of ether oxygens (including phenoxy) is 1. The maximum atomic E-state index is 12.5. The van der Waals surface area contributed by atoms with Crippen molar-refractivity contribution in [2.45, 2.75) is 12.8 Å². The molecule has 1 aromatic heterocycles. The molecule has 4 nitrogen and oxygen atoms in total. The molecule has 0 aliphatic carbocycles. The zero-order chi connectivity index (χ0) is 12.3. The number of alkyl halides is 2. The summed E-state index contributed by atoms with van der Waals surface area (Å²) in [6.07, 6.45) is -3.34. The van der Waals surface area contributed by atoms with Crippen LogP contribution >= 0.6 is 11.6 Å². The minimum atomic E-state index is -2.88. The zero-order valence-electron chi connectivity index (χ0n) is 8.21. The van der Waals surface area contributed by atoms with E-state index in [4.69, 9.17) is 16.7 Å². The van der Waals surface area contributed by atoms with E-state index in [-0.39, 0.29) is 16.5 Å². The summed E-state index contributed by atoms with van der Waals surface area (Å²) in [4.78, 5) is 14.0. The summed E-state index contributed by atoms with van der Waals surface area (Å²) in [7, 11) is 1.25. The number of hydrogen-bond donors (Lipinski definition) is 1. The van der Waals surface area contributed by atoms with Crippen LogP contribution in [0.15, 0.2) is 6.07 Å². The number of aliphatic carboxylic acids is 1. The Morgan fingerprint density at radius 2 is 2.31 bits per heavy atom. The van der Waals surface area contributed by atoms with Crippen LogP contribution in [0.25, 0.3) is 0 Å². The Morgan fingerprint density at radius 3 is 2.75 bits per heavy atom. The predicted molar refractivity (Wildman–Crippen MR) is 52.1 cm³/mol. The number of methoxy groups -OCH3 is 1. The molecule has 1 rings (SSSR count). The molecule has 0 bridgehead atoms. The summed E-state index contributed by atoms with van der Waals surface area (Å²) in [5.41, 5.74) is -0.617. The highest BCUT2D eigenvalue weighted by molar-refractivity contribution is 6.32. The summed E-state index contributed by atoms with van der Waals surface area (Å²) in [6.45, 7) is 0. The van der Waals surface area contributed by atoms with Crippen molar-refractivity contribution in [3.05, 3.63) is 22.3 Å². The second-order valence-electron chi connectivity index (χ2n) is 2.89. The highest BCUT2D eigenvalue weighted by Crippen LogP contribution is 2.31. The SMILES string of the molecule is COc1cc(CC(=O)O)c(Cl)c(C(F)F)n1. The van der Waals surface area contributed by atoms with Gasteiger partial charge in [-0.3, -0.25) is 4.79 Å². The molecule has 1 aromatic rings. The van der Waals surface area contributed by atoms with E-state index in [9.17, 15) is 13.6 Å². The topological polar surface area (TPSA) is 59.4 Å². The Labute approximate surface area is 94.8 Å². The first-order valence-corrected chi connectivity index (χ1v) is 4.56. The van der Waals surface area contributed by atoms with Gasteiger partial charge in [0.15, 0.2) is 0 Å². The van der Waals surface area contributed by atoms with Crippen LogP contribution in [0.3, 0.4) is 0 Å². The number of nitrogens with zero attached hydrogens (tertiary/aromatic N) is 1. The molecule has 88 valence electrons. The lowest BCUT2D eigenvalue weighted by molar-refractivity contribution is -0.136. The minimum Gasteiger partial charge on any atom is -0.481 e. The highest BCUT2D eigenvalue weighted by Gasteiger charge is 2.20. The van der Waals surface area contributed by atoms with E-state index in [0.717, 1.165) is 0 Å². The Balaban J connectivity index is 3.25. The molecule has 7 heteroatoms. The molecule has 0 spiro atoms. The fourth-order valence-corrected chi connectivity index (χ4v) is 1.36. The van der Waals surface area contributed by atoms with Gasteiger partial charge in [0.1, 0.15) is 5.69 Å². The van der Waals surface area contributed by atoms with Crippen LogP contribution in [-0.4, -0.2) is 23.2 Å². The van der Waals surface area contributed by atoms with Crippen molar-refractivity contribution in [1.82, 2.24) is 4.98 Å². The van der Waals surface area contributed by atoms with Crippen molar-refractivity contribution in [3.8, 4) is 5.88 Å². The van der Waals surface area contributed by atoms with Crippen LogP contribution in [0.1, 0.15) is 17.7 Å². The van der Waals surface area contributed by atoms with E-state index in [1.807, 2.05) is 0 Å². The fourth-order valence-electron chi connectivity index (χ4n) is 1.12. The lowest BCUT2D eigenvalue weighted by Crippen LogP contribution is -2.05. The smallest absolute Gasteiger partial charge is 0.307 e. The van der Waals surface area contributed by atoms with Gasteiger partial charge in [-0.05, 0) is 5.56 Å². The minimum absolute atomic E-state index is 0.0521. The maximum Gasteiger partial charge on any atom is 0.307 e. The lowest BCUT2D eigenvalue weighted by Gasteiger charge is -2.09. The van der Waals surface area contributed by atoms with Gasteiger partial charge in [0.25, 0.3) is 6.43 Å². The third kappa shape index (κ3) is 2.79. The van der Waals surface area contributed by atoms with E-state index >= 15 is 0 Å². The molecule has 0 amide bonds. The molecule has 0 saturated carbocycles. The second-order valence-corrected chi connectivity index (χ2v) is 3.27. The molecule has 0 unspecified atom stereocenters. The maximum absolute atomic E-state index is 12.5. The summed E-state index contributed by atoms with van der Waals surface area (Å²) in [6, 6.07) is 1.22. The van der Waals surface area contributed by atoms with Crippen LogP contribution in [0.4, 0.5) is 8.78 Å². The number of rotatable bonds is 4. The van der Waals surface area contributed by atoms with E-state index < -0.39 is 24.5 Å². The molecule has 0 aliphatic rings. The molecule has 0 fully saturated rings. The zero-order valence-corrected chi connectivity index (χ0v) is 8.96. The molecular weight excluding hydrogens is 244 g/mol. The summed E-state index contributed by atoms with van der Waals surface area (Å²) in [5.74, 6) is -1.26.